The number of pyridine rings is 1. The van der Waals surface area contributed by atoms with Gasteiger partial charge in [-0.2, -0.15) is 9.49 Å². The van der Waals surface area contributed by atoms with Crippen molar-refractivity contribution >= 4 is 28.9 Å². The SMILES string of the molecule is COc1ccc(COc2c(F)cc(C(=O)NCC3CCC(n4cc5nc(N6CCN(C(=O)OC(C)(C)C)CC6)ccc5n4)CC3)c(F)c2F)cc1. The number of fused-ring (bicyclic) bond motifs is 1. The standard InChI is InChI=1S/C37H43F3N6O5/c1-37(2,3)51-36(48)45-17-15-44(16-18-45)31-14-13-29-30(42-31)21-46(43-29)25-9-5-23(6-10-25)20-41-35(47)27-19-28(38)34(33(40)32(27)39)50-22-24-7-11-26(49-4)12-8-24/h7-8,11-14,19,21,23,25H,5-6,9-10,15-18,20,22H2,1-4H3,(H,41,47). The Labute approximate surface area is 294 Å². The van der Waals surface area contributed by atoms with E-state index in [-0.39, 0.29) is 31.2 Å². The third kappa shape index (κ3) is 8.49. The average molecular weight is 709 g/mol. The van der Waals surface area contributed by atoms with Crippen LogP contribution in [0.2, 0.25) is 0 Å². The Hall–Kier alpha value is -5.01. The number of rotatable bonds is 9. The van der Waals surface area contributed by atoms with Gasteiger partial charge < -0.3 is 29.3 Å². The van der Waals surface area contributed by atoms with Crippen LogP contribution in [-0.2, 0) is 11.3 Å². The van der Waals surface area contributed by atoms with Crippen LogP contribution in [0.5, 0.6) is 11.5 Å². The molecule has 0 radical (unpaired) electrons. The number of aromatic nitrogens is 3. The fourth-order valence-corrected chi connectivity index (χ4v) is 6.42. The molecule has 0 spiro atoms. The number of carbonyl (C=O) groups excluding carboxylic acids is 2. The Morgan fingerprint density at radius 1 is 0.922 bits per heavy atom. The summed E-state index contributed by atoms with van der Waals surface area (Å²) in [6.45, 7) is 8.01. The van der Waals surface area contributed by atoms with E-state index in [1.165, 1.54) is 7.11 Å². The number of anilines is 1. The molecule has 272 valence electrons. The minimum absolute atomic E-state index is 0.115. The van der Waals surface area contributed by atoms with Crippen LogP contribution in [-0.4, -0.2) is 77.1 Å². The lowest BCUT2D eigenvalue weighted by atomic mass is 9.86. The lowest BCUT2D eigenvalue weighted by molar-refractivity contribution is 0.0240. The number of nitrogens with one attached hydrogen (secondary N) is 1. The molecule has 6 rings (SSSR count). The molecule has 2 fully saturated rings. The van der Waals surface area contributed by atoms with Gasteiger partial charge in [-0.05, 0) is 88.3 Å². The second-order valence-electron chi connectivity index (χ2n) is 14.0. The topological polar surface area (TPSA) is 111 Å². The molecule has 0 unspecified atom stereocenters. The minimum Gasteiger partial charge on any atom is -0.497 e. The summed E-state index contributed by atoms with van der Waals surface area (Å²) in [4.78, 5) is 34.0. The molecule has 1 aliphatic carbocycles. The zero-order valence-electron chi connectivity index (χ0n) is 29.3. The number of amides is 2. The van der Waals surface area contributed by atoms with Crippen LogP contribution < -0.4 is 19.7 Å². The quantitative estimate of drug-likeness (QED) is 0.193. The second-order valence-corrected chi connectivity index (χ2v) is 14.0. The van der Waals surface area contributed by atoms with Crippen LogP contribution >= 0.6 is 0 Å². The molecule has 0 bridgehead atoms. The number of ether oxygens (including phenoxy) is 3. The van der Waals surface area contributed by atoms with Gasteiger partial charge >= 0.3 is 6.09 Å². The van der Waals surface area contributed by atoms with Crippen molar-refractivity contribution in [3.8, 4) is 11.5 Å². The number of carbonyl (C=O) groups is 2. The van der Waals surface area contributed by atoms with E-state index >= 15 is 0 Å². The van der Waals surface area contributed by atoms with E-state index in [4.69, 9.17) is 24.3 Å². The molecule has 11 nitrogen and oxygen atoms in total. The third-order valence-corrected chi connectivity index (χ3v) is 9.27. The average Bonchev–Trinajstić information content (AvgIpc) is 3.55. The van der Waals surface area contributed by atoms with Gasteiger partial charge in [0.2, 0.25) is 5.82 Å². The Morgan fingerprint density at radius 2 is 1.63 bits per heavy atom. The maximum absolute atomic E-state index is 14.9. The molecule has 2 amide bonds. The number of piperazine rings is 1. The highest BCUT2D eigenvalue weighted by Crippen LogP contribution is 2.33. The highest BCUT2D eigenvalue weighted by atomic mass is 19.2. The van der Waals surface area contributed by atoms with Crippen LogP contribution in [0.15, 0.2) is 48.7 Å². The van der Waals surface area contributed by atoms with E-state index in [1.54, 1.807) is 29.2 Å². The van der Waals surface area contributed by atoms with Crippen LogP contribution in [0.1, 0.15) is 68.4 Å². The lowest BCUT2D eigenvalue weighted by Crippen LogP contribution is -2.50. The summed E-state index contributed by atoms with van der Waals surface area (Å²) in [6.07, 6.45) is 4.84. The van der Waals surface area contributed by atoms with E-state index in [0.717, 1.165) is 42.5 Å². The molecular formula is C37H43F3N6O5. The molecular weight excluding hydrogens is 665 g/mol. The number of methoxy groups -OCH3 is 1. The molecule has 1 saturated heterocycles. The van der Waals surface area contributed by atoms with E-state index in [0.29, 0.717) is 43.6 Å². The van der Waals surface area contributed by atoms with Gasteiger partial charge in [0.25, 0.3) is 5.91 Å². The largest absolute Gasteiger partial charge is 0.497 e. The lowest BCUT2D eigenvalue weighted by Gasteiger charge is -2.36. The number of nitrogens with zero attached hydrogens (tertiary/aromatic N) is 5. The van der Waals surface area contributed by atoms with Gasteiger partial charge in [0.1, 0.15) is 34.8 Å². The molecule has 14 heteroatoms. The number of benzene rings is 2. The van der Waals surface area contributed by atoms with Crippen molar-refractivity contribution in [3.63, 3.8) is 0 Å². The van der Waals surface area contributed by atoms with Crippen LogP contribution in [0, 0.1) is 23.4 Å². The van der Waals surface area contributed by atoms with Gasteiger partial charge in [-0.3, -0.25) is 9.48 Å². The van der Waals surface area contributed by atoms with Crippen LogP contribution in [0.3, 0.4) is 0 Å². The van der Waals surface area contributed by atoms with E-state index in [2.05, 4.69) is 10.2 Å². The van der Waals surface area contributed by atoms with Crippen molar-refractivity contribution in [2.24, 2.45) is 5.92 Å². The number of hydrogen-bond acceptors (Lipinski definition) is 8. The maximum atomic E-state index is 14.9. The molecule has 0 atom stereocenters. The minimum atomic E-state index is -1.55. The Balaban J connectivity index is 0.986. The van der Waals surface area contributed by atoms with Crippen molar-refractivity contribution in [3.05, 3.63) is 77.2 Å². The highest BCUT2D eigenvalue weighted by molar-refractivity contribution is 5.94. The Morgan fingerprint density at radius 3 is 2.29 bits per heavy atom. The molecule has 1 aliphatic heterocycles. The van der Waals surface area contributed by atoms with Gasteiger partial charge in [-0.15, -0.1) is 0 Å². The van der Waals surface area contributed by atoms with E-state index in [1.807, 2.05) is 43.8 Å². The summed E-state index contributed by atoms with van der Waals surface area (Å²) in [5.41, 5.74) is 0.927. The zero-order valence-corrected chi connectivity index (χ0v) is 29.3. The molecule has 2 aromatic carbocycles. The summed E-state index contributed by atoms with van der Waals surface area (Å²) in [6, 6.07) is 11.4. The predicted octanol–water partition coefficient (Wildman–Crippen LogP) is 6.65. The van der Waals surface area contributed by atoms with Crippen molar-refractivity contribution in [2.75, 3.05) is 44.7 Å². The number of halogens is 3. The first-order valence-corrected chi connectivity index (χ1v) is 17.2. The van der Waals surface area contributed by atoms with Gasteiger partial charge in [0.15, 0.2) is 17.4 Å². The maximum Gasteiger partial charge on any atom is 0.410 e. The molecule has 2 aliphatic rings. The first kappa shape index (κ1) is 35.8. The Bertz CT molecular complexity index is 1860. The van der Waals surface area contributed by atoms with Crippen molar-refractivity contribution in [1.29, 1.82) is 0 Å². The summed E-state index contributed by atoms with van der Waals surface area (Å²) in [5.74, 6) is -4.40. The predicted molar refractivity (Wildman–Crippen MR) is 185 cm³/mol. The van der Waals surface area contributed by atoms with E-state index < -0.39 is 40.3 Å². The van der Waals surface area contributed by atoms with Crippen molar-refractivity contribution in [1.82, 2.24) is 25.0 Å². The molecule has 2 aromatic heterocycles. The van der Waals surface area contributed by atoms with Gasteiger partial charge in [-0.25, -0.2) is 18.6 Å². The molecule has 51 heavy (non-hydrogen) atoms. The first-order chi connectivity index (χ1) is 24.4. The molecule has 1 N–H and O–H groups in total. The Kier molecular flexibility index (Phi) is 10.6. The zero-order chi connectivity index (χ0) is 36.3. The third-order valence-electron chi connectivity index (χ3n) is 9.27. The summed E-state index contributed by atoms with van der Waals surface area (Å²) >= 11 is 0. The van der Waals surface area contributed by atoms with Crippen molar-refractivity contribution < 1.29 is 37.0 Å². The summed E-state index contributed by atoms with van der Waals surface area (Å²) in [7, 11) is 1.51. The van der Waals surface area contributed by atoms with Gasteiger partial charge in [-0.1, -0.05) is 12.1 Å². The monoisotopic (exact) mass is 708 g/mol. The molecule has 4 aromatic rings. The highest BCUT2D eigenvalue weighted by Gasteiger charge is 2.29. The fraction of sp³-hybridized carbons (Fsp3) is 0.459. The molecule has 3 heterocycles. The number of hydrogen-bond donors (Lipinski definition) is 1. The molecule has 1 saturated carbocycles. The van der Waals surface area contributed by atoms with Crippen LogP contribution in [0.25, 0.3) is 11.0 Å². The van der Waals surface area contributed by atoms with Crippen LogP contribution in [0.4, 0.5) is 23.8 Å². The van der Waals surface area contributed by atoms with Gasteiger partial charge in [0, 0.05) is 32.7 Å². The second kappa shape index (κ2) is 15.1. The van der Waals surface area contributed by atoms with Gasteiger partial charge in [0.05, 0.1) is 24.9 Å². The van der Waals surface area contributed by atoms with Crippen molar-refractivity contribution in [2.45, 2.75) is 64.7 Å². The first-order valence-electron chi connectivity index (χ1n) is 17.2. The summed E-state index contributed by atoms with van der Waals surface area (Å²) < 4.78 is 62.3. The smallest absolute Gasteiger partial charge is 0.410 e. The fourth-order valence-electron chi connectivity index (χ4n) is 6.42. The van der Waals surface area contributed by atoms with E-state index in [9.17, 15) is 22.8 Å². The normalized spacial score (nSPS) is 18.1. The summed E-state index contributed by atoms with van der Waals surface area (Å²) in [5, 5.41) is 7.42.